The van der Waals surface area contributed by atoms with Crippen molar-refractivity contribution in [2.75, 3.05) is 6.61 Å². The Labute approximate surface area is 127 Å². The number of hydrogen-bond acceptors (Lipinski definition) is 4. The molecule has 21 heavy (non-hydrogen) atoms. The maximum Gasteiger partial charge on any atom is 0.308 e. The van der Waals surface area contributed by atoms with Crippen LogP contribution < -0.4 is 0 Å². The molecule has 1 aromatic carbocycles. The Morgan fingerprint density at radius 2 is 2.19 bits per heavy atom. The molecule has 0 saturated carbocycles. The molecular weight excluding hydrogens is 286 g/mol. The second kappa shape index (κ2) is 6.37. The van der Waals surface area contributed by atoms with Gasteiger partial charge in [-0.15, -0.1) is 11.3 Å². The fourth-order valence-corrected chi connectivity index (χ4v) is 3.71. The van der Waals surface area contributed by atoms with Gasteiger partial charge in [0.2, 0.25) is 0 Å². The first kappa shape index (κ1) is 14.2. The molecule has 1 aliphatic heterocycles. The van der Waals surface area contributed by atoms with E-state index in [1.807, 2.05) is 30.3 Å². The number of nitrogens with zero attached hydrogens (tertiary/aromatic N) is 1. The van der Waals surface area contributed by atoms with Crippen molar-refractivity contribution in [3.63, 3.8) is 0 Å². The first-order chi connectivity index (χ1) is 10.2. The standard InChI is InChI=1S/C16H17NO3S/c18-15(19)10-13-16(11-5-2-1-3-6-11)17-14(21-13)9-12-7-4-8-20-12/h1-3,5-6,12H,4,7-10H2,(H,18,19). The van der Waals surface area contributed by atoms with Crippen molar-refractivity contribution in [2.45, 2.75) is 31.8 Å². The van der Waals surface area contributed by atoms with Crippen LogP contribution in [-0.2, 0) is 22.4 Å². The number of hydrogen-bond donors (Lipinski definition) is 1. The van der Waals surface area contributed by atoms with E-state index in [1.54, 1.807) is 0 Å². The highest BCUT2D eigenvalue weighted by molar-refractivity contribution is 7.12. The van der Waals surface area contributed by atoms with Crippen LogP contribution in [0.2, 0.25) is 0 Å². The Morgan fingerprint density at radius 1 is 1.38 bits per heavy atom. The summed E-state index contributed by atoms with van der Waals surface area (Å²) in [4.78, 5) is 16.6. The predicted octanol–water partition coefficient (Wildman–Crippen LogP) is 3.16. The molecule has 4 nitrogen and oxygen atoms in total. The number of ether oxygens (including phenoxy) is 1. The molecule has 1 aromatic heterocycles. The molecule has 5 heteroatoms. The Morgan fingerprint density at radius 3 is 2.86 bits per heavy atom. The van der Waals surface area contributed by atoms with Crippen LogP contribution in [0.5, 0.6) is 0 Å². The summed E-state index contributed by atoms with van der Waals surface area (Å²) in [6, 6.07) is 9.77. The zero-order valence-corrected chi connectivity index (χ0v) is 12.4. The van der Waals surface area contributed by atoms with Gasteiger partial charge >= 0.3 is 5.97 Å². The minimum atomic E-state index is -0.820. The third-order valence-electron chi connectivity index (χ3n) is 3.53. The van der Waals surface area contributed by atoms with Gasteiger partial charge in [-0.1, -0.05) is 30.3 Å². The van der Waals surface area contributed by atoms with Gasteiger partial charge in [-0.2, -0.15) is 0 Å². The molecule has 1 fully saturated rings. The molecule has 1 atom stereocenters. The molecule has 0 aliphatic carbocycles. The quantitative estimate of drug-likeness (QED) is 0.921. The SMILES string of the molecule is O=C(O)Cc1sc(CC2CCCO2)nc1-c1ccccc1. The largest absolute Gasteiger partial charge is 0.481 e. The number of thiazole rings is 1. The van der Waals surface area contributed by atoms with Crippen molar-refractivity contribution >= 4 is 17.3 Å². The Bertz CT molecular complexity index is 618. The van der Waals surface area contributed by atoms with Crippen LogP contribution in [0.15, 0.2) is 30.3 Å². The molecule has 1 unspecified atom stereocenters. The molecular formula is C16H17NO3S. The van der Waals surface area contributed by atoms with Crippen LogP contribution in [0.3, 0.4) is 0 Å². The Balaban J connectivity index is 1.89. The lowest BCUT2D eigenvalue weighted by Gasteiger charge is -2.05. The highest BCUT2D eigenvalue weighted by Gasteiger charge is 2.21. The zero-order valence-electron chi connectivity index (χ0n) is 11.6. The number of rotatable bonds is 5. The molecule has 110 valence electrons. The lowest BCUT2D eigenvalue weighted by atomic mass is 10.1. The molecule has 1 N–H and O–H groups in total. The number of aromatic nitrogens is 1. The highest BCUT2D eigenvalue weighted by atomic mass is 32.1. The summed E-state index contributed by atoms with van der Waals surface area (Å²) < 4.78 is 5.64. The smallest absolute Gasteiger partial charge is 0.308 e. The van der Waals surface area contributed by atoms with Gasteiger partial charge in [0.25, 0.3) is 0 Å². The maximum absolute atomic E-state index is 11.1. The highest BCUT2D eigenvalue weighted by Crippen LogP contribution is 2.30. The molecule has 1 aliphatic rings. The van der Waals surface area contributed by atoms with E-state index in [-0.39, 0.29) is 12.5 Å². The van der Waals surface area contributed by atoms with Crippen molar-refractivity contribution in [3.05, 3.63) is 40.2 Å². The van der Waals surface area contributed by atoms with Crippen molar-refractivity contribution in [3.8, 4) is 11.3 Å². The summed E-state index contributed by atoms with van der Waals surface area (Å²) >= 11 is 1.50. The first-order valence-electron chi connectivity index (χ1n) is 7.10. The minimum absolute atomic E-state index is 0.0212. The van der Waals surface area contributed by atoms with Gasteiger partial charge in [-0.3, -0.25) is 4.79 Å². The summed E-state index contributed by atoms with van der Waals surface area (Å²) in [7, 11) is 0. The van der Waals surface area contributed by atoms with Crippen molar-refractivity contribution in [1.82, 2.24) is 4.98 Å². The van der Waals surface area contributed by atoms with E-state index in [9.17, 15) is 4.79 Å². The van der Waals surface area contributed by atoms with Crippen molar-refractivity contribution < 1.29 is 14.6 Å². The summed E-state index contributed by atoms with van der Waals surface area (Å²) in [6.07, 6.45) is 3.20. The van der Waals surface area contributed by atoms with Crippen LogP contribution in [0.4, 0.5) is 0 Å². The first-order valence-corrected chi connectivity index (χ1v) is 7.91. The van der Waals surface area contributed by atoms with Gasteiger partial charge in [-0.05, 0) is 12.8 Å². The summed E-state index contributed by atoms with van der Waals surface area (Å²) in [5.74, 6) is -0.820. The van der Waals surface area contributed by atoms with Crippen LogP contribution in [-0.4, -0.2) is 28.8 Å². The molecule has 1 saturated heterocycles. The molecule has 2 heterocycles. The molecule has 0 bridgehead atoms. The average Bonchev–Trinajstić information content (AvgIpc) is 3.10. The number of aliphatic carboxylic acids is 1. The van der Waals surface area contributed by atoms with E-state index in [0.29, 0.717) is 0 Å². The van der Waals surface area contributed by atoms with Crippen LogP contribution in [0, 0.1) is 0 Å². The second-order valence-corrected chi connectivity index (χ2v) is 6.32. The minimum Gasteiger partial charge on any atom is -0.481 e. The van der Waals surface area contributed by atoms with E-state index in [4.69, 9.17) is 9.84 Å². The molecule has 0 radical (unpaired) electrons. The average molecular weight is 303 g/mol. The number of carbonyl (C=O) groups is 1. The maximum atomic E-state index is 11.1. The van der Waals surface area contributed by atoms with Gasteiger partial charge in [0.15, 0.2) is 0 Å². The van der Waals surface area contributed by atoms with Crippen molar-refractivity contribution in [2.24, 2.45) is 0 Å². The topological polar surface area (TPSA) is 59.4 Å². The fourth-order valence-electron chi connectivity index (χ4n) is 2.57. The third kappa shape index (κ3) is 3.49. The van der Waals surface area contributed by atoms with Gasteiger partial charge in [0.05, 0.1) is 23.2 Å². The summed E-state index contributed by atoms with van der Waals surface area (Å²) in [5, 5.41) is 10.1. The third-order valence-corrected chi connectivity index (χ3v) is 4.60. The van der Waals surface area contributed by atoms with E-state index >= 15 is 0 Å². The van der Waals surface area contributed by atoms with Gasteiger partial charge in [0.1, 0.15) is 0 Å². The predicted molar refractivity (Wildman–Crippen MR) is 81.6 cm³/mol. The van der Waals surface area contributed by atoms with Crippen LogP contribution >= 0.6 is 11.3 Å². The van der Waals surface area contributed by atoms with E-state index in [0.717, 1.165) is 47.0 Å². The number of carboxylic acids is 1. The molecule has 2 aromatic rings. The fraction of sp³-hybridized carbons (Fsp3) is 0.375. The van der Waals surface area contributed by atoms with E-state index in [1.165, 1.54) is 11.3 Å². The summed E-state index contributed by atoms with van der Waals surface area (Å²) in [5.41, 5.74) is 1.78. The Hall–Kier alpha value is -1.72. The van der Waals surface area contributed by atoms with Gasteiger partial charge in [-0.25, -0.2) is 4.98 Å². The van der Waals surface area contributed by atoms with Crippen LogP contribution in [0.25, 0.3) is 11.3 Å². The second-order valence-electron chi connectivity index (χ2n) is 5.16. The number of benzene rings is 1. The van der Waals surface area contributed by atoms with Gasteiger partial charge in [0, 0.05) is 23.5 Å². The zero-order chi connectivity index (χ0) is 14.7. The van der Waals surface area contributed by atoms with Crippen LogP contribution in [0.1, 0.15) is 22.7 Å². The molecule has 3 rings (SSSR count). The monoisotopic (exact) mass is 303 g/mol. The number of carboxylic acid groups (broad SMARTS) is 1. The lowest BCUT2D eigenvalue weighted by Crippen LogP contribution is -2.08. The molecule has 0 spiro atoms. The van der Waals surface area contributed by atoms with E-state index < -0.39 is 5.97 Å². The van der Waals surface area contributed by atoms with Gasteiger partial charge < -0.3 is 9.84 Å². The molecule has 0 amide bonds. The van der Waals surface area contributed by atoms with E-state index in [2.05, 4.69) is 4.98 Å². The normalized spacial score (nSPS) is 18.0. The van der Waals surface area contributed by atoms with Crippen molar-refractivity contribution in [1.29, 1.82) is 0 Å². The summed E-state index contributed by atoms with van der Waals surface area (Å²) in [6.45, 7) is 0.823. The lowest BCUT2D eigenvalue weighted by molar-refractivity contribution is -0.136. The Kier molecular flexibility index (Phi) is 4.31.